The summed E-state index contributed by atoms with van der Waals surface area (Å²) in [7, 11) is 0. The highest BCUT2D eigenvalue weighted by Gasteiger charge is 2.22. The number of likely N-dealkylation sites (tertiary alicyclic amines) is 1. The molecule has 1 saturated heterocycles. The van der Waals surface area contributed by atoms with Gasteiger partial charge in [0.15, 0.2) is 0 Å². The largest absolute Gasteiger partial charge is 0.310 e. The Morgan fingerprint density at radius 3 is 2.81 bits per heavy atom. The molecule has 0 aliphatic carbocycles. The van der Waals surface area contributed by atoms with E-state index in [0.717, 1.165) is 30.3 Å². The Kier molecular flexibility index (Phi) is 7.01. The molecule has 0 bridgehead atoms. The van der Waals surface area contributed by atoms with Crippen molar-refractivity contribution in [1.29, 1.82) is 0 Å². The van der Waals surface area contributed by atoms with Crippen LogP contribution in [0, 0.1) is 5.92 Å². The molecule has 0 saturated carbocycles. The minimum Gasteiger partial charge on any atom is -0.310 e. The van der Waals surface area contributed by atoms with Crippen LogP contribution in [0.2, 0.25) is 5.02 Å². The van der Waals surface area contributed by atoms with Crippen molar-refractivity contribution in [3.05, 3.63) is 34.9 Å². The van der Waals surface area contributed by atoms with Crippen molar-refractivity contribution in [2.24, 2.45) is 5.92 Å². The third-order valence-corrected chi connectivity index (χ3v) is 4.95. The van der Waals surface area contributed by atoms with Gasteiger partial charge in [-0.2, -0.15) is 0 Å². The Morgan fingerprint density at radius 2 is 2.14 bits per heavy atom. The van der Waals surface area contributed by atoms with Gasteiger partial charge in [-0.1, -0.05) is 50.1 Å². The molecule has 1 N–H and O–H groups in total. The standard InChI is InChI=1S/C18H29ClN2/c1-3-11-20-18(16-7-5-6-8-17(16)19)10-13-21-12-9-15(4-2)14-21/h5-8,15,18,20H,3-4,9-14H2,1-2H3. The first kappa shape index (κ1) is 16.8. The number of nitrogens with one attached hydrogen (secondary N) is 1. The monoisotopic (exact) mass is 308 g/mol. The van der Waals surface area contributed by atoms with Gasteiger partial charge in [0.2, 0.25) is 0 Å². The summed E-state index contributed by atoms with van der Waals surface area (Å²) in [5.41, 5.74) is 1.25. The van der Waals surface area contributed by atoms with Crippen molar-refractivity contribution in [3.63, 3.8) is 0 Å². The highest BCUT2D eigenvalue weighted by Crippen LogP contribution is 2.26. The molecule has 2 nitrogen and oxygen atoms in total. The molecule has 1 aliphatic rings. The Bertz CT molecular complexity index is 421. The number of rotatable bonds is 8. The molecular weight excluding hydrogens is 280 g/mol. The summed E-state index contributed by atoms with van der Waals surface area (Å²) in [5, 5.41) is 4.55. The van der Waals surface area contributed by atoms with E-state index >= 15 is 0 Å². The van der Waals surface area contributed by atoms with Crippen LogP contribution in [-0.4, -0.2) is 31.1 Å². The Morgan fingerprint density at radius 1 is 1.33 bits per heavy atom. The summed E-state index contributed by atoms with van der Waals surface area (Å²) < 4.78 is 0. The van der Waals surface area contributed by atoms with Crippen LogP contribution in [0.15, 0.2) is 24.3 Å². The van der Waals surface area contributed by atoms with Crippen molar-refractivity contribution in [3.8, 4) is 0 Å². The van der Waals surface area contributed by atoms with Gasteiger partial charge in [-0.05, 0) is 56.4 Å². The lowest BCUT2D eigenvalue weighted by Gasteiger charge is -2.23. The maximum atomic E-state index is 6.39. The summed E-state index contributed by atoms with van der Waals surface area (Å²) in [6.07, 6.45) is 4.98. The molecule has 1 aromatic rings. The summed E-state index contributed by atoms with van der Waals surface area (Å²) >= 11 is 6.39. The number of hydrogen-bond acceptors (Lipinski definition) is 2. The van der Waals surface area contributed by atoms with E-state index in [2.05, 4.69) is 36.2 Å². The maximum Gasteiger partial charge on any atom is 0.0453 e. The molecule has 2 unspecified atom stereocenters. The molecule has 0 aromatic heterocycles. The van der Waals surface area contributed by atoms with E-state index in [1.54, 1.807) is 0 Å². The van der Waals surface area contributed by atoms with Gasteiger partial charge < -0.3 is 10.2 Å². The normalized spacial score (nSPS) is 20.8. The second kappa shape index (κ2) is 8.77. The van der Waals surface area contributed by atoms with E-state index < -0.39 is 0 Å². The molecule has 118 valence electrons. The smallest absolute Gasteiger partial charge is 0.0453 e. The zero-order valence-corrected chi connectivity index (χ0v) is 14.2. The minimum atomic E-state index is 0.374. The highest BCUT2D eigenvalue weighted by molar-refractivity contribution is 6.31. The lowest BCUT2D eigenvalue weighted by atomic mass is 10.0. The average molecular weight is 309 g/mol. The van der Waals surface area contributed by atoms with Gasteiger partial charge in [-0.25, -0.2) is 0 Å². The number of halogens is 1. The molecule has 21 heavy (non-hydrogen) atoms. The van der Waals surface area contributed by atoms with Crippen LogP contribution < -0.4 is 5.32 Å². The highest BCUT2D eigenvalue weighted by atomic mass is 35.5. The first-order valence-corrected chi connectivity index (χ1v) is 8.82. The van der Waals surface area contributed by atoms with Crippen LogP contribution in [0.4, 0.5) is 0 Å². The van der Waals surface area contributed by atoms with Crippen LogP contribution in [0.5, 0.6) is 0 Å². The molecule has 3 heteroatoms. The lowest BCUT2D eigenvalue weighted by molar-refractivity contribution is 0.298. The van der Waals surface area contributed by atoms with Crippen molar-refractivity contribution < 1.29 is 0 Å². The second-order valence-corrected chi connectivity index (χ2v) is 6.59. The van der Waals surface area contributed by atoms with Crippen LogP contribution in [-0.2, 0) is 0 Å². The third kappa shape index (κ3) is 4.98. The fraction of sp³-hybridized carbons (Fsp3) is 0.667. The number of benzene rings is 1. The molecule has 1 fully saturated rings. The maximum absolute atomic E-state index is 6.39. The third-order valence-electron chi connectivity index (χ3n) is 4.60. The zero-order chi connectivity index (χ0) is 15.1. The fourth-order valence-electron chi connectivity index (χ4n) is 3.20. The van der Waals surface area contributed by atoms with E-state index in [1.807, 2.05) is 12.1 Å². The Hall–Kier alpha value is -0.570. The van der Waals surface area contributed by atoms with Gasteiger partial charge >= 0.3 is 0 Å². The molecule has 0 spiro atoms. The SMILES string of the molecule is CCCNC(CCN1CCC(CC)C1)c1ccccc1Cl. The Labute approximate surface area is 134 Å². The molecule has 1 heterocycles. The van der Waals surface area contributed by atoms with E-state index in [0.29, 0.717) is 6.04 Å². The summed E-state index contributed by atoms with van der Waals surface area (Å²) in [4.78, 5) is 2.62. The van der Waals surface area contributed by atoms with Crippen molar-refractivity contribution >= 4 is 11.6 Å². The first-order valence-electron chi connectivity index (χ1n) is 8.44. The summed E-state index contributed by atoms with van der Waals surface area (Å²) in [6, 6.07) is 8.63. The number of hydrogen-bond donors (Lipinski definition) is 1. The quantitative estimate of drug-likeness (QED) is 0.760. The zero-order valence-electron chi connectivity index (χ0n) is 13.4. The van der Waals surface area contributed by atoms with Crippen LogP contribution >= 0.6 is 11.6 Å². The van der Waals surface area contributed by atoms with E-state index in [1.165, 1.54) is 38.0 Å². The van der Waals surface area contributed by atoms with Gasteiger partial charge in [0.1, 0.15) is 0 Å². The van der Waals surface area contributed by atoms with E-state index in [-0.39, 0.29) is 0 Å². The molecule has 2 atom stereocenters. The predicted molar refractivity (Wildman–Crippen MR) is 91.9 cm³/mol. The van der Waals surface area contributed by atoms with Crippen molar-refractivity contribution in [2.75, 3.05) is 26.2 Å². The van der Waals surface area contributed by atoms with Gasteiger partial charge in [0, 0.05) is 17.6 Å². The van der Waals surface area contributed by atoms with Crippen LogP contribution in [0.25, 0.3) is 0 Å². The van der Waals surface area contributed by atoms with E-state index in [9.17, 15) is 0 Å². The lowest BCUT2D eigenvalue weighted by Crippen LogP contribution is -2.29. The molecule has 1 aromatic carbocycles. The molecule has 0 radical (unpaired) electrons. The van der Waals surface area contributed by atoms with Crippen LogP contribution in [0.1, 0.15) is 51.1 Å². The van der Waals surface area contributed by atoms with Crippen LogP contribution in [0.3, 0.4) is 0 Å². The molecular formula is C18H29ClN2. The predicted octanol–water partition coefficient (Wildman–Crippen LogP) is 4.50. The van der Waals surface area contributed by atoms with Gasteiger partial charge in [0.25, 0.3) is 0 Å². The van der Waals surface area contributed by atoms with E-state index in [4.69, 9.17) is 11.6 Å². The minimum absolute atomic E-state index is 0.374. The average Bonchev–Trinajstić information content (AvgIpc) is 2.96. The van der Waals surface area contributed by atoms with Gasteiger partial charge in [0.05, 0.1) is 0 Å². The van der Waals surface area contributed by atoms with Crippen molar-refractivity contribution in [1.82, 2.24) is 10.2 Å². The number of nitrogens with zero attached hydrogens (tertiary/aromatic N) is 1. The van der Waals surface area contributed by atoms with Gasteiger partial charge in [-0.3, -0.25) is 0 Å². The topological polar surface area (TPSA) is 15.3 Å². The summed E-state index contributed by atoms with van der Waals surface area (Å²) in [5.74, 6) is 0.910. The van der Waals surface area contributed by atoms with Crippen molar-refractivity contribution in [2.45, 2.75) is 45.6 Å². The summed E-state index contributed by atoms with van der Waals surface area (Å²) in [6.45, 7) is 9.28. The first-order chi connectivity index (χ1) is 10.2. The Balaban J connectivity index is 1.92. The second-order valence-electron chi connectivity index (χ2n) is 6.18. The molecule has 2 rings (SSSR count). The molecule has 0 amide bonds. The van der Waals surface area contributed by atoms with Gasteiger partial charge in [-0.15, -0.1) is 0 Å². The molecule has 1 aliphatic heterocycles. The fourth-order valence-corrected chi connectivity index (χ4v) is 3.47.